The lowest BCUT2D eigenvalue weighted by Crippen LogP contribution is -2.53. The van der Waals surface area contributed by atoms with E-state index in [1.54, 1.807) is 0 Å². The number of nitrogens with zero attached hydrogens (tertiary/aromatic N) is 2. The first-order chi connectivity index (χ1) is 12.4. The van der Waals surface area contributed by atoms with E-state index in [1.807, 2.05) is 24.8 Å². The molecule has 2 atom stereocenters. The summed E-state index contributed by atoms with van der Waals surface area (Å²) in [5.74, 6) is -0.0757. The Morgan fingerprint density at radius 2 is 2.15 bits per heavy atom. The molecule has 140 valence electrons. The van der Waals surface area contributed by atoms with Crippen molar-refractivity contribution in [3.63, 3.8) is 0 Å². The lowest BCUT2D eigenvalue weighted by molar-refractivity contribution is -0.134. The van der Waals surface area contributed by atoms with Gasteiger partial charge in [0.1, 0.15) is 6.04 Å². The molecule has 0 aliphatic carbocycles. The number of fused-ring (bicyclic) bond motifs is 1. The molecule has 3 rings (SSSR count). The van der Waals surface area contributed by atoms with Gasteiger partial charge in [-0.1, -0.05) is 13.8 Å². The number of carbonyl (C=O) groups excluding carboxylic acids is 2. The zero-order valence-corrected chi connectivity index (χ0v) is 17.4. The molecular formula is C19H24IN3O3. The molecule has 2 heterocycles. The second-order valence-corrected chi connectivity index (χ2v) is 8.35. The highest BCUT2D eigenvalue weighted by molar-refractivity contribution is 14.1. The van der Waals surface area contributed by atoms with E-state index in [2.05, 4.69) is 44.8 Å². The van der Waals surface area contributed by atoms with Gasteiger partial charge in [-0.15, -0.1) is 0 Å². The van der Waals surface area contributed by atoms with Crippen molar-refractivity contribution in [1.82, 2.24) is 10.2 Å². The minimum atomic E-state index is -0.589. The second kappa shape index (κ2) is 7.94. The van der Waals surface area contributed by atoms with E-state index >= 15 is 0 Å². The van der Waals surface area contributed by atoms with Gasteiger partial charge in [0.25, 0.3) is 0 Å². The summed E-state index contributed by atoms with van der Waals surface area (Å²) in [5, 5.41) is 2.69. The third-order valence-corrected chi connectivity index (χ3v) is 5.66. The summed E-state index contributed by atoms with van der Waals surface area (Å²) >= 11 is 2.31. The molecule has 0 bridgehead atoms. The molecule has 0 aromatic heterocycles. The van der Waals surface area contributed by atoms with Crippen molar-refractivity contribution in [2.75, 3.05) is 13.7 Å². The number of alkyl carbamates (subject to hydrolysis) is 1. The van der Waals surface area contributed by atoms with Gasteiger partial charge in [-0.2, -0.15) is 0 Å². The first-order valence-electron chi connectivity index (χ1n) is 8.91. The number of aliphatic imine (C=N–C) groups is 1. The summed E-state index contributed by atoms with van der Waals surface area (Å²) in [4.78, 5) is 31.4. The fourth-order valence-corrected chi connectivity index (χ4v) is 4.20. The lowest BCUT2D eigenvalue weighted by atomic mass is 10.00. The van der Waals surface area contributed by atoms with E-state index in [-0.39, 0.29) is 17.9 Å². The Morgan fingerprint density at radius 3 is 2.85 bits per heavy atom. The van der Waals surface area contributed by atoms with Crippen LogP contribution in [0.15, 0.2) is 23.2 Å². The Kier molecular flexibility index (Phi) is 5.84. The van der Waals surface area contributed by atoms with Crippen LogP contribution in [0.3, 0.4) is 0 Å². The highest BCUT2D eigenvalue weighted by Crippen LogP contribution is 2.32. The number of carbonyl (C=O) groups is 2. The van der Waals surface area contributed by atoms with Crippen LogP contribution in [-0.4, -0.2) is 48.4 Å². The monoisotopic (exact) mass is 469 g/mol. The van der Waals surface area contributed by atoms with Crippen molar-refractivity contribution >= 4 is 46.0 Å². The van der Waals surface area contributed by atoms with E-state index in [0.29, 0.717) is 6.54 Å². The van der Waals surface area contributed by atoms with Gasteiger partial charge in [-0.3, -0.25) is 9.79 Å². The molecule has 2 amide bonds. The molecule has 0 saturated carbocycles. The van der Waals surface area contributed by atoms with Crippen molar-refractivity contribution in [1.29, 1.82) is 0 Å². The molecule has 1 saturated heterocycles. The number of amides is 2. The molecular weight excluding hydrogens is 445 g/mol. The minimum absolute atomic E-state index is 0.00765. The predicted octanol–water partition coefficient (Wildman–Crippen LogP) is 3.29. The number of likely N-dealkylation sites (tertiary alicyclic amines) is 1. The molecule has 1 aromatic carbocycles. The first-order valence-corrected chi connectivity index (χ1v) is 9.99. The molecule has 1 fully saturated rings. The quantitative estimate of drug-likeness (QED) is 0.689. The van der Waals surface area contributed by atoms with Gasteiger partial charge < -0.3 is 15.0 Å². The average Bonchev–Trinajstić information content (AvgIpc) is 3.24. The zero-order valence-electron chi connectivity index (χ0n) is 15.3. The molecule has 2 aliphatic rings. The van der Waals surface area contributed by atoms with Gasteiger partial charge in [0.2, 0.25) is 5.91 Å². The van der Waals surface area contributed by atoms with Gasteiger partial charge in [0.05, 0.1) is 18.8 Å². The Morgan fingerprint density at radius 1 is 1.38 bits per heavy atom. The maximum absolute atomic E-state index is 13.1. The van der Waals surface area contributed by atoms with E-state index in [4.69, 9.17) is 4.99 Å². The Bertz CT molecular complexity index is 748. The highest BCUT2D eigenvalue weighted by Gasteiger charge is 2.38. The number of ether oxygens (including phenoxy) is 1. The normalized spacial score (nSPS) is 20.0. The number of halogens is 1. The topological polar surface area (TPSA) is 71.0 Å². The number of benzene rings is 1. The summed E-state index contributed by atoms with van der Waals surface area (Å²) in [7, 11) is 1.31. The predicted molar refractivity (Wildman–Crippen MR) is 109 cm³/mol. The van der Waals surface area contributed by atoms with E-state index in [0.717, 1.165) is 30.7 Å². The smallest absolute Gasteiger partial charge is 0.407 e. The molecule has 0 spiro atoms. The molecule has 6 nitrogen and oxygen atoms in total. The van der Waals surface area contributed by atoms with Gasteiger partial charge >= 0.3 is 6.09 Å². The number of rotatable bonds is 4. The largest absolute Gasteiger partial charge is 0.453 e. The first kappa shape index (κ1) is 19.1. The highest BCUT2D eigenvalue weighted by atomic mass is 127. The molecule has 2 aliphatic heterocycles. The lowest BCUT2D eigenvalue weighted by Gasteiger charge is -2.30. The summed E-state index contributed by atoms with van der Waals surface area (Å²) in [5.41, 5.74) is 3.28. The van der Waals surface area contributed by atoms with Crippen LogP contribution in [0, 0.1) is 9.49 Å². The molecule has 0 radical (unpaired) electrons. The summed E-state index contributed by atoms with van der Waals surface area (Å²) in [6.45, 7) is 4.55. The fraction of sp³-hybridized carbons (Fsp3) is 0.526. The third kappa shape index (κ3) is 3.87. The van der Waals surface area contributed by atoms with Gasteiger partial charge in [-0.05, 0) is 65.1 Å². The summed E-state index contributed by atoms with van der Waals surface area (Å²) in [6.07, 6.45) is 2.08. The van der Waals surface area contributed by atoms with Crippen molar-refractivity contribution in [3.05, 3.63) is 27.3 Å². The van der Waals surface area contributed by atoms with Crippen molar-refractivity contribution < 1.29 is 14.3 Å². The molecule has 26 heavy (non-hydrogen) atoms. The number of hydrogen-bond donors (Lipinski definition) is 1. The van der Waals surface area contributed by atoms with Gasteiger partial charge in [-0.25, -0.2) is 4.79 Å². The maximum Gasteiger partial charge on any atom is 0.407 e. The Balaban J connectivity index is 1.78. The number of nitrogens with one attached hydrogen (secondary N) is 1. The Labute approximate surface area is 167 Å². The van der Waals surface area contributed by atoms with Crippen LogP contribution in [0.4, 0.5) is 10.5 Å². The maximum atomic E-state index is 13.1. The van der Waals surface area contributed by atoms with E-state index in [9.17, 15) is 9.59 Å². The van der Waals surface area contributed by atoms with Crippen LogP contribution < -0.4 is 5.32 Å². The van der Waals surface area contributed by atoms with Crippen LogP contribution in [0.1, 0.15) is 32.3 Å². The van der Waals surface area contributed by atoms with Crippen molar-refractivity contribution in [2.24, 2.45) is 10.9 Å². The average molecular weight is 469 g/mol. The zero-order chi connectivity index (χ0) is 18.8. The van der Waals surface area contributed by atoms with Crippen LogP contribution in [0.2, 0.25) is 0 Å². The summed E-state index contributed by atoms with van der Waals surface area (Å²) in [6, 6.07) is 5.67. The summed E-state index contributed by atoms with van der Waals surface area (Å²) < 4.78 is 5.87. The standard InChI is InChI=1S/C19H24IN3O3/c1-11(2)17(22-19(25)26-3)18(24)23-8-4-5-16(23)15-10-12-9-13(20)6-7-14(12)21-15/h6-7,9,11,16-17H,4-5,8,10H2,1-3H3,(H,22,25)/t16-,17-/m0/s1. The van der Waals surface area contributed by atoms with Crippen LogP contribution in [0.25, 0.3) is 0 Å². The van der Waals surface area contributed by atoms with Crippen LogP contribution in [0.5, 0.6) is 0 Å². The number of methoxy groups -OCH3 is 1. The third-order valence-electron chi connectivity index (χ3n) is 4.99. The fourth-order valence-electron chi connectivity index (χ4n) is 3.64. The van der Waals surface area contributed by atoms with Crippen LogP contribution in [-0.2, 0) is 16.0 Å². The second-order valence-electron chi connectivity index (χ2n) is 7.10. The van der Waals surface area contributed by atoms with Gasteiger partial charge in [0, 0.05) is 22.2 Å². The Hall–Kier alpha value is -1.64. The van der Waals surface area contributed by atoms with E-state index in [1.165, 1.54) is 16.2 Å². The SMILES string of the molecule is COC(=O)N[C@H](C(=O)N1CCC[C@H]1C1=Nc2ccc(I)cc2C1)C(C)C. The van der Waals surface area contributed by atoms with E-state index < -0.39 is 12.1 Å². The molecule has 7 heteroatoms. The number of hydrogen-bond acceptors (Lipinski definition) is 4. The van der Waals surface area contributed by atoms with Crippen molar-refractivity contribution in [2.45, 2.75) is 45.2 Å². The minimum Gasteiger partial charge on any atom is -0.453 e. The van der Waals surface area contributed by atoms with Crippen LogP contribution >= 0.6 is 22.6 Å². The molecule has 1 aromatic rings. The van der Waals surface area contributed by atoms with Crippen molar-refractivity contribution in [3.8, 4) is 0 Å². The molecule has 0 unspecified atom stereocenters. The molecule has 1 N–H and O–H groups in total. The van der Waals surface area contributed by atoms with Gasteiger partial charge in [0.15, 0.2) is 0 Å².